The van der Waals surface area contributed by atoms with Gasteiger partial charge in [-0.1, -0.05) is 0 Å². The maximum Gasteiger partial charge on any atom is 0.293 e. The molecule has 9 heteroatoms. The quantitative estimate of drug-likeness (QED) is 0.707. The molecule has 1 saturated heterocycles. The summed E-state index contributed by atoms with van der Waals surface area (Å²) in [6.45, 7) is 1.48. The number of hydrogen-bond donors (Lipinski definition) is 1. The molecule has 7 nitrogen and oxygen atoms in total. The third-order valence-electron chi connectivity index (χ3n) is 4.42. The van der Waals surface area contributed by atoms with Crippen LogP contribution in [-0.4, -0.2) is 39.8 Å². The molecule has 0 aromatic carbocycles. The van der Waals surface area contributed by atoms with E-state index in [1.54, 1.807) is 28.8 Å². The fourth-order valence-corrected chi connectivity index (χ4v) is 4.59. The average Bonchev–Trinajstić information content (AvgIpc) is 3.44. The van der Waals surface area contributed by atoms with E-state index in [1.165, 1.54) is 17.6 Å². The monoisotopic (exact) mass is 402 g/mol. The summed E-state index contributed by atoms with van der Waals surface area (Å²) in [5, 5.41) is 8.02. The van der Waals surface area contributed by atoms with Crippen molar-refractivity contribution in [2.75, 3.05) is 18.4 Å². The molecule has 0 saturated carbocycles. The second-order valence-electron chi connectivity index (χ2n) is 6.30. The molecule has 3 aromatic heterocycles. The van der Waals surface area contributed by atoms with Crippen LogP contribution in [0.1, 0.15) is 40.0 Å². The molecule has 0 radical (unpaired) electrons. The first kappa shape index (κ1) is 17.9. The highest BCUT2D eigenvalue weighted by Gasteiger charge is 2.26. The number of nitrogens with zero attached hydrogens (tertiary/aromatic N) is 3. The van der Waals surface area contributed by atoms with Gasteiger partial charge >= 0.3 is 0 Å². The van der Waals surface area contributed by atoms with Crippen LogP contribution in [0, 0.1) is 0 Å². The number of hydrogen-bond acceptors (Lipinski definition) is 7. The fraction of sp³-hybridized carbons (Fsp3) is 0.333. The van der Waals surface area contributed by atoms with Crippen LogP contribution in [0.2, 0.25) is 0 Å². The number of thiazole rings is 2. The lowest BCUT2D eigenvalue weighted by Gasteiger charge is -2.31. The predicted molar refractivity (Wildman–Crippen MR) is 103 cm³/mol. The molecule has 4 rings (SSSR count). The largest absolute Gasteiger partial charge is 0.459 e. The molecule has 0 spiro atoms. The summed E-state index contributed by atoms with van der Waals surface area (Å²) in [7, 11) is 0. The molecule has 0 bridgehead atoms. The van der Waals surface area contributed by atoms with Crippen molar-refractivity contribution >= 4 is 39.6 Å². The van der Waals surface area contributed by atoms with Crippen molar-refractivity contribution in [1.29, 1.82) is 0 Å². The van der Waals surface area contributed by atoms with Gasteiger partial charge in [-0.3, -0.25) is 14.9 Å². The van der Waals surface area contributed by atoms with Gasteiger partial charge in [-0.2, -0.15) is 0 Å². The number of carbonyl (C=O) groups is 2. The molecule has 3 aromatic rings. The number of furan rings is 1. The maximum atomic E-state index is 12.7. The number of rotatable bonds is 5. The van der Waals surface area contributed by atoms with Crippen molar-refractivity contribution in [1.82, 2.24) is 14.9 Å². The topological polar surface area (TPSA) is 88.3 Å². The Morgan fingerprint density at radius 1 is 1.37 bits per heavy atom. The Hall–Kier alpha value is -2.52. The smallest absolute Gasteiger partial charge is 0.293 e. The van der Waals surface area contributed by atoms with Crippen molar-refractivity contribution in [3.05, 3.63) is 51.8 Å². The van der Waals surface area contributed by atoms with Gasteiger partial charge < -0.3 is 9.32 Å². The third kappa shape index (κ3) is 4.25. The van der Waals surface area contributed by atoms with Crippen LogP contribution in [-0.2, 0) is 11.2 Å². The Kier molecular flexibility index (Phi) is 5.30. The van der Waals surface area contributed by atoms with E-state index in [1.807, 2.05) is 16.5 Å². The standard InChI is InChI=1S/C18H18N4O3S2/c23-15(22-6-1-3-12(10-22)17-19-5-8-26-17)9-13-11-27-18(20-13)21-16(24)14-4-2-7-25-14/h2,4-5,7-8,11-12H,1,3,6,9-10H2,(H,20,21,24). The number of amides is 2. The van der Waals surface area contributed by atoms with Gasteiger partial charge in [0.1, 0.15) is 0 Å². The van der Waals surface area contributed by atoms with Crippen LogP contribution in [0.4, 0.5) is 5.13 Å². The molecule has 1 atom stereocenters. The summed E-state index contributed by atoms with van der Waals surface area (Å²) in [6, 6.07) is 3.24. The van der Waals surface area contributed by atoms with Gasteiger partial charge in [0.05, 0.1) is 23.4 Å². The zero-order chi connectivity index (χ0) is 18.6. The fourth-order valence-electron chi connectivity index (χ4n) is 3.12. The van der Waals surface area contributed by atoms with Crippen LogP contribution >= 0.6 is 22.7 Å². The highest BCUT2D eigenvalue weighted by atomic mass is 32.1. The van der Waals surface area contributed by atoms with Gasteiger partial charge in [-0.25, -0.2) is 9.97 Å². The second kappa shape index (κ2) is 8.01. The SMILES string of the molecule is O=C(Nc1nc(CC(=O)N2CCCC(c3nccs3)C2)cs1)c1ccco1. The molecule has 0 aliphatic carbocycles. The zero-order valence-electron chi connectivity index (χ0n) is 14.5. The molecular weight excluding hydrogens is 384 g/mol. The summed E-state index contributed by atoms with van der Waals surface area (Å²) in [6.07, 6.45) is 5.54. The van der Waals surface area contributed by atoms with Gasteiger partial charge in [-0.15, -0.1) is 22.7 Å². The van der Waals surface area contributed by atoms with Gasteiger partial charge in [0.25, 0.3) is 5.91 Å². The van der Waals surface area contributed by atoms with Gasteiger partial charge in [0.15, 0.2) is 10.9 Å². The minimum Gasteiger partial charge on any atom is -0.459 e. The molecule has 27 heavy (non-hydrogen) atoms. The van der Waals surface area contributed by atoms with Crippen molar-refractivity contribution in [3.63, 3.8) is 0 Å². The molecular formula is C18H18N4O3S2. The van der Waals surface area contributed by atoms with E-state index in [0.717, 1.165) is 24.4 Å². The summed E-state index contributed by atoms with van der Waals surface area (Å²) in [5.41, 5.74) is 0.663. The average molecular weight is 403 g/mol. The third-order valence-corrected chi connectivity index (χ3v) is 6.17. The Balaban J connectivity index is 1.34. The lowest BCUT2D eigenvalue weighted by Crippen LogP contribution is -2.40. The number of anilines is 1. The molecule has 140 valence electrons. The minimum absolute atomic E-state index is 0.0606. The van der Waals surface area contributed by atoms with Crippen molar-refractivity contribution in [2.45, 2.75) is 25.2 Å². The highest BCUT2D eigenvalue weighted by molar-refractivity contribution is 7.14. The van der Waals surface area contributed by atoms with E-state index in [4.69, 9.17) is 4.42 Å². The first-order valence-corrected chi connectivity index (χ1v) is 10.4. The number of piperidine rings is 1. The van der Waals surface area contributed by atoms with Gasteiger partial charge in [0, 0.05) is 36.0 Å². The molecule has 1 fully saturated rings. The van der Waals surface area contributed by atoms with E-state index in [0.29, 0.717) is 23.3 Å². The molecule has 1 N–H and O–H groups in total. The summed E-state index contributed by atoms with van der Waals surface area (Å²) < 4.78 is 5.06. The maximum absolute atomic E-state index is 12.7. The first-order chi connectivity index (χ1) is 13.2. The van der Waals surface area contributed by atoms with E-state index < -0.39 is 0 Å². The predicted octanol–water partition coefficient (Wildman–Crippen LogP) is 3.39. The summed E-state index contributed by atoms with van der Waals surface area (Å²) in [5.74, 6) is 0.255. The summed E-state index contributed by atoms with van der Waals surface area (Å²) >= 11 is 2.95. The van der Waals surface area contributed by atoms with Gasteiger partial charge in [0.2, 0.25) is 5.91 Å². The van der Waals surface area contributed by atoms with E-state index in [9.17, 15) is 9.59 Å². The second-order valence-corrected chi connectivity index (χ2v) is 8.09. The van der Waals surface area contributed by atoms with Crippen LogP contribution in [0.3, 0.4) is 0 Å². The van der Waals surface area contributed by atoms with Gasteiger partial charge in [-0.05, 0) is 25.0 Å². The van der Waals surface area contributed by atoms with E-state index in [-0.39, 0.29) is 24.0 Å². The van der Waals surface area contributed by atoms with Crippen molar-refractivity contribution < 1.29 is 14.0 Å². The molecule has 1 aliphatic heterocycles. The Labute approximate surface area is 164 Å². The number of carbonyl (C=O) groups excluding carboxylic acids is 2. The number of aromatic nitrogens is 2. The molecule has 4 heterocycles. The van der Waals surface area contributed by atoms with Crippen LogP contribution < -0.4 is 5.32 Å². The van der Waals surface area contributed by atoms with Crippen molar-refractivity contribution in [2.24, 2.45) is 0 Å². The normalized spacial score (nSPS) is 17.0. The molecule has 2 amide bonds. The lowest BCUT2D eigenvalue weighted by molar-refractivity contribution is -0.131. The first-order valence-electron chi connectivity index (χ1n) is 8.65. The number of likely N-dealkylation sites (tertiary alicyclic amines) is 1. The highest BCUT2D eigenvalue weighted by Crippen LogP contribution is 2.28. The Bertz CT molecular complexity index is 905. The van der Waals surface area contributed by atoms with Crippen LogP contribution in [0.25, 0.3) is 0 Å². The Morgan fingerprint density at radius 2 is 2.30 bits per heavy atom. The van der Waals surface area contributed by atoms with Crippen LogP contribution in [0.15, 0.2) is 39.8 Å². The molecule has 1 aliphatic rings. The van der Waals surface area contributed by atoms with E-state index >= 15 is 0 Å². The van der Waals surface area contributed by atoms with E-state index in [2.05, 4.69) is 15.3 Å². The van der Waals surface area contributed by atoms with Crippen molar-refractivity contribution in [3.8, 4) is 0 Å². The summed E-state index contributed by atoms with van der Waals surface area (Å²) in [4.78, 5) is 35.3. The lowest BCUT2D eigenvalue weighted by atomic mass is 9.98. The molecule has 1 unspecified atom stereocenters. The zero-order valence-corrected chi connectivity index (χ0v) is 16.1. The number of nitrogens with one attached hydrogen (secondary N) is 1. The van der Waals surface area contributed by atoms with Crippen LogP contribution in [0.5, 0.6) is 0 Å². The Morgan fingerprint density at radius 3 is 3.07 bits per heavy atom. The minimum atomic E-state index is -0.352.